The van der Waals surface area contributed by atoms with Gasteiger partial charge in [-0.25, -0.2) is 4.98 Å². The van der Waals surface area contributed by atoms with Gasteiger partial charge in [-0.3, -0.25) is 4.79 Å². The van der Waals surface area contributed by atoms with Crippen LogP contribution in [0.25, 0.3) is 0 Å². The van der Waals surface area contributed by atoms with Crippen molar-refractivity contribution in [3.8, 4) is 0 Å². The molecule has 1 amide bonds. The van der Waals surface area contributed by atoms with Gasteiger partial charge in [0.1, 0.15) is 10.4 Å². The van der Waals surface area contributed by atoms with E-state index in [1.54, 1.807) is 30.7 Å². The molecule has 2 aromatic rings. The lowest BCUT2D eigenvalue weighted by molar-refractivity contribution is 0.0935. The number of halogens is 1. The Morgan fingerprint density at radius 3 is 3.00 bits per heavy atom. The fourth-order valence-corrected chi connectivity index (χ4v) is 1.80. The molecule has 0 aliphatic carbocycles. The zero-order chi connectivity index (χ0) is 12.3. The minimum Gasteiger partial charge on any atom is -0.467 e. The van der Waals surface area contributed by atoms with Crippen molar-refractivity contribution in [3.63, 3.8) is 0 Å². The predicted molar refractivity (Wildman–Crippen MR) is 66.5 cm³/mol. The average molecular weight is 295 g/mol. The molecule has 0 fully saturated rings. The summed E-state index contributed by atoms with van der Waals surface area (Å²) in [4.78, 5) is 15.9. The molecule has 88 valence electrons. The van der Waals surface area contributed by atoms with E-state index >= 15 is 0 Å². The van der Waals surface area contributed by atoms with Crippen LogP contribution in [0.15, 0.2) is 45.7 Å². The second-order valence-corrected chi connectivity index (χ2v) is 4.39. The monoisotopic (exact) mass is 294 g/mol. The molecular formula is C12H11BrN2O2. The quantitative estimate of drug-likeness (QED) is 0.886. The number of amides is 1. The highest BCUT2D eigenvalue weighted by molar-refractivity contribution is 9.10. The van der Waals surface area contributed by atoms with Crippen molar-refractivity contribution in [1.29, 1.82) is 0 Å². The van der Waals surface area contributed by atoms with Crippen molar-refractivity contribution < 1.29 is 9.21 Å². The predicted octanol–water partition coefficient (Wildman–Crippen LogP) is 2.93. The number of nitrogens with zero attached hydrogens (tertiary/aromatic N) is 1. The van der Waals surface area contributed by atoms with E-state index in [-0.39, 0.29) is 11.9 Å². The van der Waals surface area contributed by atoms with Crippen LogP contribution < -0.4 is 5.32 Å². The topological polar surface area (TPSA) is 55.1 Å². The molecule has 5 heteroatoms. The van der Waals surface area contributed by atoms with Crippen LogP contribution in [-0.2, 0) is 0 Å². The van der Waals surface area contributed by atoms with E-state index in [0.717, 1.165) is 5.76 Å². The Kier molecular flexibility index (Phi) is 3.58. The molecule has 0 aliphatic heterocycles. The Morgan fingerprint density at radius 1 is 1.53 bits per heavy atom. The first-order valence-corrected chi connectivity index (χ1v) is 5.92. The highest BCUT2D eigenvalue weighted by Crippen LogP contribution is 2.14. The minimum absolute atomic E-state index is 0.156. The van der Waals surface area contributed by atoms with Gasteiger partial charge >= 0.3 is 0 Å². The molecule has 4 nitrogen and oxygen atoms in total. The summed E-state index contributed by atoms with van der Waals surface area (Å²) in [6.45, 7) is 1.87. The molecule has 0 saturated carbocycles. The van der Waals surface area contributed by atoms with Crippen molar-refractivity contribution >= 4 is 21.8 Å². The van der Waals surface area contributed by atoms with E-state index in [4.69, 9.17) is 4.42 Å². The molecule has 1 N–H and O–H groups in total. The molecule has 0 aliphatic rings. The van der Waals surface area contributed by atoms with Gasteiger partial charge in [0.25, 0.3) is 5.91 Å². The van der Waals surface area contributed by atoms with Crippen molar-refractivity contribution in [2.24, 2.45) is 0 Å². The lowest BCUT2D eigenvalue weighted by Crippen LogP contribution is -2.26. The number of furan rings is 1. The Balaban J connectivity index is 2.07. The smallest absolute Gasteiger partial charge is 0.252 e. The molecule has 0 saturated heterocycles. The molecule has 1 unspecified atom stereocenters. The number of carbonyl (C=O) groups is 1. The van der Waals surface area contributed by atoms with Crippen LogP contribution in [0.1, 0.15) is 29.1 Å². The largest absolute Gasteiger partial charge is 0.467 e. The highest BCUT2D eigenvalue weighted by Gasteiger charge is 2.13. The molecule has 17 heavy (non-hydrogen) atoms. The number of aromatic nitrogens is 1. The third kappa shape index (κ3) is 2.94. The standard InChI is InChI=1S/C12H11BrN2O2/c1-8(10-3-2-6-17-10)15-12(16)9-4-5-14-11(13)7-9/h2-8H,1H3,(H,15,16). The molecule has 1 atom stereocenters. The number of hydrogen-bond acceptors (Lipinski definition) is 3. The first-order valence-electron chi connectivity index (χ1n) is 5.12. The Bertz CT molecular complexity index is 511. The maximum atomic E-state index is 11.9. The summed E-state index contributed by atoms with van der Waals surface area (Å²) in [5.41, 5.74) is 0.560. The molecule has 2 heterocycles. The van der Waals surface area contributed by atoms with Gasteiger partial charge in [0, 0.05) is 11.8 Å². The molecule has 2 rings (SSSR count). The number of nitrogens with one attached hydrogen (secondary N) is 1. The van der Waals surface area contributed by atoms with Crippen LogP contribution in [0.2, 0.25) is 0 Å². The van der Waals surface area contributed by atoms with Crippen LogP contribution in [0, 0.1) is 0 Å². The highest BCUT2D eigenvalue weighted by atomic mass is 79.9. The summed E-state index contributed by atoms with van der Waals surface area (Å²) in [6, 6.07) is 6.79. The van der Waals surface area contributed by atoms with E-state index in [9.17, 15) is 4.79 Å². The first kappa shape index (κ1) is 11.9. The van der Waals surface area contributed by atoms with Gasteiger partial charge in [0.05, 0.1) is 12.3 Å². The van der Waals surface area contributed by atoms with Gasteiger partial charge in [-0.15, -0.1) is 0 Å². The number of hydrogen-bond donors (Lipinski definition) is 1. The van der Waals surface area contributed by atoms with Gasteiger partial charge in [-0.05, 0) is 47.1 Å². The van der Waals surface area contributed by atoms with Crippen molar-refractivity contribution in [2.75, 3.05) is 0 Å². The van der Waals surface area contributed by atoms with E-state index in [1.807, 2.05) is 13.0 Å². The van der Waals surface area contributed by atoms with E-state index in [1.165, 1.54) is 0 Å². The molecule has 0 aromatic carbocycles. The zero-order valence-corrected chi connectivity index (χ0v) is 10.8. The van der Waals surface area contributed by atoms with Crippen molar-refractivity contribution in [3.05, 3.63) is 52.7 Å². The van der Waals surface area contributed by atoms with Gasteiger partial charge in [0.15, 0.2) is 0 Å². The molecular weight excluding hydrogens is 284 g/mol. The molecule has 0 radical (unpaired) electrons. The van der Waals surface area contributed by atoms with Crippen LogP contribution in [-0.4, -0.2) is 10.9 Å². The molecule has 0 spiro atoms. The summed E-state index contributed by atoms with van der Waals surface area (Å²) in [7, 11) is 0. The van der Waals surface area contributed by atoms with E-state index < -0.39 is 0 Å². The summed E-state index contributed by atoms with van der Waals surface area (Å²) < 4.78 is 5.85. The maximum Gasteiger partial charge on any atom is 0.252 e. The number of pyridine rings is 1. The zero-order valence-electron chi connectivity index (χ0n) is 9.18. The van der Waals surface area contributed by atoms with Gasteiger partial charge in [0.2, 0.25) is 0 Å². The van der Waals surface area contributed by atoms with Crippen LogP contribution in [0.5, 0.6) is 0 Å². The lowest BCUT2D eigenvalue weighted by atomic mass is 10.2. The Labute approximate surface area is 107 Å². The Hall–Kier alpha value is -1.62. The Morgan fingerprint density at radius 2 is 2.35 bits per heavy atom. The van der Waals surface area contributed by atoms with E-state index in [0.29, 0.717) is 10.2 Å². The van der Waals surface area contributed by atoms with E-state index in [2.05, 4.69) is 26.2 Å². The van der Waals surface area contributed by atoms with Gasteiger partial charge < -0.3 is 9.73 Å². The summed E-state index contributed by atoms with van der Waals surface area (Å²) in [5, 5.41) is 2.84. The molecule has 2 aromatic heterocycles. The number of carbonyl (C=O) groups excluding carboxylic acids is 1. The van der Waals surface area contributed by atoms with Crippen LogP contribution in [0.4, 0.5) is 0 Å². The summed E-state index contributed by atoms with van der Waals surface area (Å²) >= 11 is 3.23. The summed E-state index contributed by atoms with van der Waals surface area (Å²) in [6.07, 6.45) is 3.16. The lowest BCUT2D eigenvalue weighted by Gasteiger charge is -2.11. The first-order chi connectivity index (χ1) is 8.16. The fraction of sp³-hybridized carbons (Fsp3) is 0.167. The van der Waals surface area contributed by atoms with Crippen molar-refractivity contribution in [1.82, 2.24) is 10.3 Å². The third-order valence-electron chi connectivity index (χ3n) is 2.31. The third-order valence-corrected chi connectivity index (χ3v) is 2.74. The van der Waals surface area contributed by atoms with Crippen LogP contribution >= 0.6 is 15.9 Å². The SMILES string of the molecule is CC(NC(=O)c1ccnc(Br)c1)c1ccco1. The summed E-state index contributed by atoms with van der Waals surface area (Å²) in [5.74, 6) is 0.573. The average Bonchev–Trinajstić information content (AvgIpc) is 2.82. The van der Waals surface area contributed by atoms with Crippen molar-refractivity contribution in [2.45, 2.75) is 13.0 Å². The minimum atomic E-state index is -0.163. The van der Waals surface area contributed by atoms with Gasteiger partial charge in [-0.1, -0.05) is 0 Å². The maximum absolute atomic E-state index is 11.9. The second kappa shape index (κ2) is 5.14. The van der Waals surface area contributed by atoms with Gasteiger partial charge in [-0.2, -0.15) is 0 Å². The second-order valence-electron chi connectivity index (χ2n) is 3.58. The normalized spacial score (nSPS) is 12.1. The number of rotatable bonds is 3. The van der Waals surface area contributed by atoms with Crippen LogP contribution in [0.3, 0.4) is 0 Å². The molecule has 0 bridgehead atoms. The fourth-order valence-electron chi connectivity index (χ4n) is 1.43.